The van der Waals surface area contributed by atoms with Crippen LogP contribution in [0.25, 0.3) is 0 Å². The normalized spacial score (nSPS) is 15.9. The molecule has 0 aliphatic carbocycles. The molecule has 1 aromatic rings. The molecule has 2 atom stereocenters. The molecule has 2 unspecified atom stereocenters. The highest BCUT2D eigenvalue weighted by molar-refractivity contribution is 5.80. The molecule has 5 heteroatoms. The van der Waals surface area contributed by atoms with E-state index in [9.17, 15) is 9.90 Å². The minimum Gasteiger partial charge on any atom is -0.466 e. The van der Waals surface area contributed by atoms with E-state index in [1.165, 1.54) is 0 Å². The summed E-state index contributed by atoms with van der Waals surface area (Å²) >= 11 is 0. The number of aliphatic hydroxyl groups is 1. The summed E-state index contributed by atoms with van der Waals surface area (Å²) < 4.78 is 10.6. The number of carbonyl (C=O) groups excluding carboxylic acids is 1. The molecule has 0 spiro atoms. The quantitative estimate of drug-likeness (QED) is 0.823. The average molecular weight is 269 g/mol. The second-order valence-corrected chi connectivity index (χ2v) is 4.92. The number of ether oxygens (including phenoxy) is 1. The molecule has 108 valence electrons. The molecule has 0 aromatic carbocycles. The minimum absolute atomic E-state index is 0.114. The van der Waals surface area contributed by atoms with Gasteiger partial charge in [0.05, 0.1) is 6.54 Å². The summed E-state index contributed by atoms with van der Waals surface area (Å²) in [5, 5.41) is 13.1. The van der Waals surface area contributed by atoms with E-state index in [1.54, 1.807) is 26.8 Å². The van der Waals surface area contributed by atoms with E-state index in [1.807, 2.05) is 13.8 Å². The van der Waals surface area contributed by atoms with Gasteiger partial charge in [0, 0.05) is 12.2 Å². The maximum absolute atomic E-state index is 11.7. The molecular formula is C14H23NO4. The molecular weight excluding hydrogens is 246 g/mol. The van der Waals surface area contributed by atoms with Gasteiger partial charge >= 0.3 is 0 Å². The van der Waals surface area contributed by atoms with Gasteiger partial charge in [-0.3, -0.25) is 4.79 Å². The van der Waals surface area contributed by atoms with Crippen LogP contribution >= 0.6 is 0 Å². The van der Waals surface area contributed by atoms with Gasteiger partial charge in [-0.15, -0.1) is 0 Å². The number of aryl methyl sites for hydroxylation is 2. The van der Waals surface area contributed by atoms with E-state index < -0.39 is 11.7 Å². The third-order valence-corrected chi connectivity index (χ3v) is 3.01. The van der Waals surface area contributed by atoms with Crippen molar-refractivity contribution in [1.29, 1.82) is 0 Å². The highest BCUT2D eigenvalue weighted by Crippen LogP contribution is 2.26. The SMILES string of the molecule is CCOC(C)C(=O)NCC(C)(O)c1cc(C)oc1C. The highest BCUT2D eigenvalue weighted by Gasteiger charge is 2.28. The van der Waals surface area contributed by atoms with Crippen molar-refractivity contribution in [2.24, 2.45) is 0 Å². The number of carbonyl (C=O) groups is 1. The summed E-state index contributed by atoms with van der Waals surface area (Å²) in [6, 6.07) is 1.79. The monoisotopic (exact) mass is 269 g/mol. The Balaban J connectivity index is 2.65. The lowest BCUT2D eigenvalue weighted by molar-refractivity contribution is -0.132. The van der Waals surface area contributed by atoms with E-state index in [-0.39, 0.29) is 12.5 Å². The lowest BCUT2D eigenvalue weighted by Crippen LogP contribution is -2.43. The van der Waals surface area contributed by atoms with Crippen LogP contribution in [-0.2, 0) is 15.1 Å². The number of nitrogens with one attached hydrogen (secondary N) is 1. The van der Waals surface area contributed by atoms with Crippen molar-refractivity contribution in [2.75, 3.05) is 13.2 Å². The summed E-state index contributed by atoms with van der Waals surface area (Å²) in [7, 11) is 0. The van der Waals surface area contributed by atoms with Crippen molar-refractivity contribution in [3.8, 4) is 0 Å². The van der Waals surface area contributed by atoms with Crippen LogP contribution in [0.15, 0.2) is 10.5 Å². The van der Waals surface area contributed by atoms with Gasteiger partial charge in [-0.05, 0) is 40.7 Å². The summed E-state index contributed by atoms with van der Waals surface area (Å²) in [5.41, 5.74) is -0.474. The first-order valence-electron chi connectivity index (χ1n) is 6.47. The van der Waals surface area contributed by atoms with Crippen molar-refractivity contribution in [1.82, 2.24) is 5.32 Å². The molecule has 0 aliphatic heterocycles. The van der Waals surface area contributed by atoms with Gasteiger partial charge in [0.25, 0.3) is 0 Å². The minimum atomic E-state index is -1.16. The maximum atomic E-state index is 11.7. The zero-order valence-electron chi connectivity index (χ0n) is 12.2. The van der Waals surface area contributed by atoms with Crippen molar-refractivity contribution < 1.29 is 19.1 Å². The van der Waals surface area contributed by atoms with Gasteiger partial charge in [0.1, 0.15) is 23.2 Å². The largest absolute Gasteiger partial charge is 0.466 e. The third kappa shape index (κ3) is 4.08. The maximum Gasteiger partial charge on any atom is 0.248 e. The Morgan fingerprint density at radius 3 is 2.68 bits per heavy atom. The number of hydrogen-bond donors (Lipinski definition) is 2. The Hall–Kier alpha value is -1.33. The Morgan fingerprint density at radius 1 is 1.58 bits per heavy atom. The molecule has 0 aliphatic rings. The predicted octanol–water partition coefficient (Wildman–Crippen LogP) is 1.65. The van der Waals surface area contributed by atoms with Gasteiger partial charge in [-0.25, -0.2) is 0 Å². The smallest absolute Gasteiger partial charge is 0.248 e. The molecule has 1 heterocycles. The molecule has 2 N–H and O–H groups in total. The van der Waals surface area contributed by atoms with Crippen LogP contribution in [0.4, 0.5) is 0 Å². The lowest BCUT2D eigenvalue weighted by Gasteiger charge is -2.24. The zero-order chi connectivity index (χ0) is 14.6. The Bertz CT molecular complexity index is 437. The summed E-state index contributed by atoms with van der Waals surface area (Å²) in [6.45, 7) is 9.37. The highest BCUT2D eigenvalue weighted by atomic mass is 16.5. The van der Waals surface area contributed by atoms with E-state index in [4.69, 9.17) is 9.15 Å². The van der Waals surface area contributed by atoms with Crippen LogP contribution in [0.3, 0.4) is 0 Å². The van der Waals surface area contributed by atoms with Crippen LogP contribution in [-0.4, -0.2) is 30.3 Å². The number of hydrogen-bond acceptors (Lipinski definition) is 4. The first kappa shape index (κ1) is 15.7. The molecule has 0 radical (unpaired) electrons. The van der Waals surface area contributed by atoms with E-state index in [0.29, 0.717) is 17.9 Å². The molecule has 19 heavy (non-hydrogen) atoms. The molecule has 5 nitrogen and oxygen atoms in total. The molecule has 1 rings (SSSR count). The molecule has 0 saturated heterocycles. The first-order chi connectivity index (χ1) is 8.77. The standard InChI is InChI=1S/C14H23NO4/c1-6-18-11(4)13(16)15-8-14(5,17)12-7-9(2)19-10(12)3/h7,11,17H,6,8H2,1-5H3,(H,15,16). The Labute approximate surface area is 113 Å². The lowest BCUT2D eigenvalue weighted by atomic mass is 9.96. The van der Waals surface area contributed by atoms with Crippen molar-refractivity contribution in [2.45, 2.75) is 46.3 Å². The van der Waals surface area contributed by atoms with Gasteiger partial charge in [0.2, 0.25) is 5.91 Å². The molecule has 1 amide bonds. The van der Waals surface area contributed by atoms with E-state index >= 15 is 0 Å². The Kier molecular flexibility index (Phi) is 5.14. The van der Waals surface area contributed by atoms with E-state index in [2.05, 4.69) is 5.32 Å². The fourth-order valence-electron chi connectivity index (χ4n) is 1.99. The second kappa shape index (κ2) is 6.21. The molecule has 0 bridgehead atoms. The van der Waals surface area contributed by atoms with Crippen molar-refractivity contribution in [3.63, 3.8) is 0 Å². The van der Waals surface area contributed by atoms with Gasteiger partial charge in [-0.1, -0.05) is 0 Å². The summed E-state index contributed by atoms with van der Waals surface area (Å²) in [4.78, 5) is 11.7. The van der Waals surface area contributed by atoms with Crippen molar-refractivity contribution >= 4 is 5.91 Å². The molecule has 1 aromatic heterocycles. The van der Waals surface area contributed by atoms with Crippen LogP contribution < -0.4 is 5.32 Å². The van der Waals surface area contributed by atoms with Gasteiger partial charge in [0.15, 0.2) is 0 Å². The van der Waals surface area contributed by atoms with Crippen LogP contribution in [0.2, 0.25) is 0 Å². The average Bonchev–Trinajstić information content (AvgIpc) is 2.66. The second-order valence-electron chi connectivity index (χ2n) is 4.92. The number of amides is 1. The first-order valence-corrected chi connectivity index (χ1v) is 6.47. The molecule has 0 fully saturated rings. The Morgan fingerprint density at radius 2 is 2.21 bits per heavy atom. The topological polar surface area (TPSA) is 71.7 Å². The fourth-order valence-corrected chi connectivity index (χ4v) is 1.99. The number of rotatable bonds is 6. The summed E-state index contributed by atoms with van der Waals surface area (Å²) in [5.74, 6) is 1.16. The van der Waals surface area contributed by atoms with Gasteiger partial charge < -0.3 is 19.6 Å². The fraction of sp³-hybridized carbons (Fsp3) is 0.643. The van der Waals surface area contributed by atoms with Crippen molar-refractivity contribution in [3.05, 3.63) is 23.2 Å². The van der Waals surface area contributed by atoms with Gasteiger partial charge in [-0.2, -0.15) is 0 Å². The van der Waals surface area contributed by atoms with E-state index in [0.717, 1.165) is 5.76 Å². The van der Waals surface area contributed by atoms with Crippen LogP contribution in [0.1, 0.15) is 37.9 Å². The van der Waals surface area contributed by atoms with Crippen LogP contribution in [0.5, 0.6) is 0 Å². The van der Waals surface area contributed by atoms with Crippen LogP contribution in [0, 0.1) is 13.8 Å². The molecule has 0 saturated carbocycles. The summed E-state index contributed by atoms with van der Waals surface area (Å²) in [6.07, 6.45) is -0.520. The number of furan rings is 1. The predicted molar refractivity (Wildman–Crippen MR) is 71.9 cm³/mol. The zero-order valence-corrected chi connectivity index (χ0v) is 12.2. The third-order valence-electron chi connectivity index (χ3n) is 3.01.